The Morgan fingerprint density at radius 2 is 1.78 bits per heavy atom. The number of halogens is 1. The molecule has 0 unspecified atom stereocenters. The molecule has 1 amide bonds. The van der Waals surface area contributed by atoms with Gasteiger partial charge in [0.15, 0.2) is 11.5 Å². The summed E-state index contributed by atoms with van der Waals surface area (Å²) in [5, 5.41) is 2.71. The number of anilines is 2. The van der Waals surface area contributed by atoms with Crippen molar-refractivity contribution in [1.29, 1.82) is 0 Å². The summed E-state index contributed by atoms with van der Waals surface area (Å²) in [5.41, 5.74) is 9.48. The number of carbonyl (C=O) groups is 1. The van der Waals surface area contributed by atoms with E-state index in [1.165, 1.54) is 19.2 Å². The fourth-order valence-corrected chi connectivity index (χ4v) is 6.61. The zero-order valence-electron chi connectivity index (χ0n) is 30.7. The van der Waals surface area contributed by atoms with E-state index in [9.17, 15) is 9.59 Å². The maximum Gasteiger partial charge on any atom is 0.261 e. The molecule has 0 bridgehead atoms. The summed E-state index contributed by atoms with van der Waals surface area (Å²) in [4.78, 5) is 36.2. The van der Waals surface area contributed by atoms with E-state index in [0.717, 1.165) is 24.0 Å². The number of hydrogen-bond donors (Lipinski definition) is 2. The number of amides is 1. The minimum absolute atomic E-state index is 0.0786. The third-order valence-corrected chi connectivity index (χ3v) is 9.67. The normalized spacial score (nSPS) is 16.0. The monoisotopic (exact) mass is 747 g/mol. The van der Waals surface area contributed by atoms with Crippen LogP contribution < -0.4 is 26.0 Å². The molecular formula is C42H42FN5O7. The van der Waals surface area contributed by atoms with Crippen LogP contribution in [-0.4, -0.2) is 66.7 Å². The minimum Gasteiger partial charge on any atom is -0.493 e. The number of benzene rings is 2. The fourth-order valence-electron chi connectivity index (χ4n) is 6.61. The Kier molecular flexibility index (Phi) is 11.3. The first-order valence-corrected chi connectivity index (χ1v) is 18.0. The first-order chi connectivity index (χ1) is 26.7. The Morgan fingerprint density at radius 1 is 0.945 bits per heavy atom. The number of nitrogens with two attached hydrogens (primary N) is 1. The average Bonchev–Trinajstić information content (AvgIpc) is 3.20. The second-order valence-electron chi connectivity index (χ2n) is 13.6. The molecule has 2 aliphatic rings. The van der Waals surface area contributed by atoms with Crippen LogP contribution in [0.2, 0.25) is 0 Å². The van der Waals surface area contributed by atoms with Gasteiger partial charge in [-0.1, -0.05) is 18.7 Å². The van der Waals surface area contributed by atoms with Crippen LogP contribution in [0.3, 0.4) is 0 Å². The van der Waals surface area contributed by atoms with Crippen molar-refractivity contribution in [3.8, 4) is 45.0 Å². The zero-order chi connectivity index (χ0) is 38.5. The molecule has 0 radical (unpaired) electrons. The van der Waals surface area contributed by atoms with Gasteiger partial charge in [-0.25, -0.2) is 9.37 Å². The summed E-state index contributed by atoms with van der Waals surface area (Å²) in [5.74, 6) is 0.403. The van der Waals surface area contributed by atoms with Gasteiger partial charge in [0.25, 0.3) is 5.91 Å². The number of rotatable bonds is 11. The fraction of sp³-hybridized carbons (Fsp3) is 0.286. The highest BCUT2D eigenvalue weighted by atomic mass is 19.1. The van der Waals surface area contributed by atoms with E-state index in [1.807, 2.05) is 23.6 Å². The summed E-state index contributed by atoms with van der Waals surface area (Å²) in [6, 6.07) is 14.9. The highest BCUT2D eigenvalue weighted by Crippen LogP contribution is 2.37. The molecule has 1 atom stereocenters. The van der Waals surface area contributed by atoms with Crippen molar-refractivity contribution >= 4 is 17.4 Å². The van der Waals surface area contributed by atoms with E-state index >= 15 is 4.39 Å². The number of nitrogens with zero attached hydrogens (tertiary/aromatic N) is 3. The van der Waals surface area contributed by atoms with E-state index in [-0.39, 0.29) is 22.6 Å². The van der Waals surface area contributed by atoms with Gasteiger partial charge in [-0.2, -0.15) is 0 Å². The van der Waals surface area contributed by atoms with Crippen LogP contribution in [-0.2, 0) is 20.8 Å². The van der Waals surface area contributed by atoms with Crippen molar-refractivity contribution in [3.05, 3.63) is 119 Å². The second-order valence-corrected chi connectivity index (χ2v) is 13.6. The van der Waals surface area contributed by atoms with Crippen molar-refractivity contribution in [2.45, 2.75) is 32.4 Å². The molecule has 7 rings (SSSR count). The quantitative estimate of drug-likeness (QED) is 0.141. The Morgan fingerprint density at radius 3 is 2.51 bits per heavy atom. The van der Waals surface area contributed by atoms with Crippen LogP contribution in [0.25, 0.3) is 33.5 Å². The summed E-state index contributed by atoms with van der Waals surface area (Å²) in [6.07, 6.45) is 7.91. The molecule has 0 saturated carbocycles. The number of carbonyl (C=O) groups excluding carboxylic acids is 1. The van der Waals surface area contributed by atoms with E-state index in [1.54, 1.807) is 55.1 Å². The number of aryl methyl sites for hydroxylation is 1. The van der Waals surface area contributed by atoms with Gasteiger partial charge >= 0.3 is 0 Å². The molecule has 2 fully saturated rings. The van der Waals surface area contributed by atoms with Crippen molar-refractivity contribution in [3.63, 3.8) is 0 Å². The van der Waals surface area contributed by atoms with Crippen LogP contribution in [0, 0.1) is 18.7 Å². The minimum atomic E-state index is -0.667. The highest BCUT2D eigenvalue weighted by Gasteiger charge is 2.23. The largest absolute Gasteiger partial charge is 0.493 e. The lowest BCUT2D eigenvalue weighted by Gasteiger charge is -2.25. The van der Waals surface area contributed by atoms with Crippen LogP contribution in [0.1, 0.15) is 28.8 Å². The van der Waals surface area contributed by atoms with Crippen molar-refractivity contribution in [2.24, 2.45) is 5.92 Å². The lowest BCUT2D eigenvalue weighted by atomic mass is 9.99. The molecule has 5 aromatic rings. The van der Waals surface area contributed by atoms with Gasteiger partial charge in [0.05, 0.1) is 38.2 Å². The number of pyridine rings is 3. The summed E-state index contributed by atoms with van der Waals surface area (Å²) >= 11 is 0. The Bertz CT molecular complexity index is 2260. The number of methoxy groups -OCH3 is 1. The smallest absolute Gasteiger partial charge is 0.261 e. The molecule has 0 spiro atoms. The molecule has 12 nitrogen and oxygen atoms in total. The third-order valence-electron chi connectivity index (χ3n) is 9.67. The van der Waals surface area contributed by atoms with Crippen LogP contribution >= 0.6 is 0 Å². The Hall–Kier alpha value is -5.89. The molecule has 3 aromatic heterocycles. The van der Waals surface area contributed by atoms with Gasteiger partial charge < -0.3 is 39.3 Å². The van der Waals surface area contributed by atoms with Crippen LogP contribution in [0.5, 0.6) is 11.5 Å². The van der Waals surface area contributed by atoms with Gasteiger partial charge in [-0.05, 0) is 79.3 Å². The standard InChI is InChI=1S/C42H42FN5O7/c1-25-4-8-36(45-19-25)33-22-48(21-27-10-12-52-13-11-27)23-34(40(33)49)42(50)47-30-6-7-31(35(43)18-30)32-16-29(20-46-41(32)44)28-5-9-37(38(17-28)51-3)55-26(2)39-24-53-14-15-54-39/h4-9,16-20,22-23,27,39H,2,10-15,21,24H2,1,3H3,(H2,44,46)(H,47,50)/t39-/m1/s1. The number of nitrogens with one attached hydrogen (secondary N) is 1. The molecule has 284 valence electrons. The third kappa shape index (κ3) is 8.59. The lowest BCUT2D eigenvalue weighted by Crippen LogP contribution is -2.31. The topological polar surface area (TPSA) is 149 Å². The number of nitrogen functional groups attached to an aromatic ring is 1. The maximum atomic E-state index is 15.9. The van der Waals surface area contributed by atoms with Gasteiger partial charge in [0.1, 0.15) is 29.1 Å². The highest BCUT2D eigenvalue weighted by molar-refractivity contribution is 6.04. The molecule has 5 heterocycles. The molecule has 2 saturated heterocycles. The average molecular weight is 748 g/mol. The van der Waals surface area contributed by atoms with Gasteiger partial charge in [-0.3, -0.25) is 14.6 Å². The molecule has 2 aromatic carbocycles. The van der Waals surface area contributed by atoms with Crippen LogP contribution in [0.15, 0.2) is 96.5 Å². The molecule has 2 aliphatic heterocycles. The molecule has 3 N–H and O–H groups in total. The maximum absolute atomic E-state index is 15.9. The van der Waals surface area contributed by atoms with Crippen molar-refractivity contribution in [2.75, 3.05) is 51.2 Å². The van der Waals surface area contributed by atoms with Gasteiger partial charge in [-0.15, -0.1) is 0 Å². The van der Waals surface area contributed by atoms with E-state index < -0.39 is 23.3 Å². The molecule has 13 heteroatoms. The SMILES string of the molecule is C=C(Oc1ccc(-c2cnc(N)c(-c3ccc(NC(=O)c4cn(CC5CCOCC5)cc(-c5ccc(C)cn5)c4=O)cc3F)c2)cc1OC)[C@H]1COCCO1. The van der Waals surface area contributed by atoms with Crippen molar-refractivity contribution in [1.82, 2.24) is 14.5 Å². The van der Waals surface area contributed by atoms with Crippen LogP contribution in [0.4, 0.5) is 15.9 Å². The van der Waals surface area contributed by atoms with E-state index in [2.05, 4.69) is 21.9 Å². The molecule has 0 aliphatic carbocycles. The Balaban J connectivity index is 1.12. The van der Waals surface area contributed by atoms with Crippen molar-refractivity contribution < 1.29 is 32.9 Å². The first-order valence-electron chi connectivity index (χ1n) is 18.0. The lowest BCUT2D eigenvalue weighted by molar-refractivity contribution is -0.0829. The predicted molar refractivity (Wildman–Crippen MR) is 207 cm³/mol. The molecule has 55 heavy (non-hydrogen) atoms. The summed E-state index contributed by atoms with van der Waals surface area (Å²) in [6.45, 7) is 9.16. The Labute approximate surface area is 317 Å². The zero-order valence-corrected chi connectivity index (χ0v) is 30.7. The number of hydrogen-bond acceptors (Lipinski definition) is 10. The second kappa shape index (κ2) is 16.6. The number of ether oxygens (including phenoxy) is 5. The van der Waals surface area contributed by atoms with E-state index in [0.29, 0.717) is 85.1 Å². The molecular weight excluding hydrogens is 705 g/mol. The van der Waals surface area contributed by atoms with Gasteiger partial charge in [0.2, 0.25) is 5.43 Å². The van der Waals surface area contributed by atoms with E-state index in [4.69, 9.17) is 29.4 Å². The number of aromatic nitrogens is 3. The van der Waals surface area contributed by atoms with Gasteiger partial charge in [0, 0.05) is 66.9 Å². The predicted octanol–water partition coefficient (Wildman–Crippen LogP) is 6.66. The first kappa shape index (κ1) is 37.4. The summed E-state index contributed by atoms with van der Waals surface area (Å²) < 4.78 is 46.0. The summed E-state index contributed by atoms with van der Waals surface area (Å²) in [7, 11) is 1.53.